The summed E-state index contributed by atoms with van der Waals surface area (Å²) in [4.78, 5) is 0. The summed E-state index contributed by atoms with van der Waals surface area (Å²) in [5.41, 5.74) is 1.26. The van der Waals surface area contributed by atoms with Gasteiger partial charge < -0.3 is 0 Å². The fraction of sp³-hybridized carbons (Fsp3) is 0.200. The lowest BCUT2D eigenvalue weighted by molar-refractivity contribution is 1.48. The van der Waals surface area contributed by atoms with Crippen LogP contribution < -0.4 is 0 Å². The third kappa shape index (κ3) is 1.59. The lowest BCUT2D eigenvalue weighted by Crippen LogP contribution is -1.62. The van der Waals surface area contributed by atoms with E-state index in [1.165, 1.54) is 9.35 Å². The Morgan fingerprint density at radius 3 is 1.78 bits per heavy atom. The molecule has 0 bridgehead atoms. The third-order valence-electron chi connectivity index (χ3n) is 0.976. The predicted octanol–water partition coefficient (Wildman–Crippen LogP) is 4.34. The van der Waals surface area contributed by atoms with Crippen LogP contribution in [0.25, 0.3) is 0 Å². The summed E-state index contributed by atoms with van der Waals surface area (Å²) in [6, 6.07) is 0. The van der Waals surface area contributed by atoms with Crippen LogP contribution in [0, 0.1) is 6.92 Å². The van der Waals surface area contributed by atoms with Gasteiger partial charge in [0.05, 0.1) is 7.57 Å². The number of halogens is 3. The Hall–Kier alpha value is 1.14. The van der Waals surface area contributed by atoms with Crippen LogP contribution in [0.5, 0.6) is 0 Å². The smallest absolute Gasteiger partial charge is 0.0855 e. The molecule has 1 aromatic heterocycles. The Bertz CT molecular complexity index is 206. The molecule has 50 valence electrons. The molecule has 0 saturated carbocycles. The van der Waals surface area contributed by atoms with Crippen molar-refractivity contribution in [3.05, 3.63) is 17.6 Å². The molecule has 0 atom stereocenters. The zero-order chi connectivity index (χ0) is 7.02. The monoisotopic (exact) mass is 332 g/mol. The molecule has 1 aromatic rings. The van der Waals surface area contributed by atoms with Crippen LogP contribution in [0.1, 0.15) is 5.56 Å². The lowest BCUT2D eigenvalue weighted by atomic mass is 10.4. The standard InChI is InChI=1S/C5H3Br3S/c1-2-3(6)5(8)9-4(2)7/h1H3. The van der Waals surface area contributed by atoms with E-state index in [0.29, 0.717) is 0 Å². The molecule has 0 aliphatic heterocycles. The second-order valence-electron chi connectivity index (χ2n) is 1.59. The first-order valence-electron chi connectivity index (χ1n) is 2.23. The van der Waals surface area contributed by atoms with Crippen molar-refractivity contribution in [3.8, 4) is 0 Å². The van der Waals surface area contributed by atoms with Crippen molar-refractivity contribution in [3.63, 3.8) is 0 Å². The van der Waals surface area contributed by atoms with Crippen molar-refractivity contribution in [1.29, 1.82) is 0 Å². The fourth-order valence-electron chi connectivity index (χ4n) is 0.434. The van der Waals surface area contributed by atoms with Gasteiger partial charge in [-0.25, -0.2) is 0 Å². The zero-order valence-electron chi connectivity index (χ0n) is 4.54. The van der Waals surface area contributed by atoms with E-state index in [4.69, 9.17) is 0 Å². The summed E-state index contributed by atoms with van der Waals surface area (Å²) < 4.78 is 3.48. The van der Waals surface area contributed by atoms with Crippen molar-refractivity contribution in [2.45, 2.75) is 6.92 Å². The molecule has 0 saturated heterocycles. The van der Waals surface area contributed by atoms with Gasteiger partial charge in [0.15, 0.2) is 0 Å². The Labute approximate surface area is 83.0 Å². The van der Waals surface area contributed by atoms with Gasteiger partial charge in [0.25, 0.3) is 0 Å². The molecule has 0 spiro atoms. The summed E-state index contributed by atoms with van der Waals surface area (Å²) in [5, 5.41) is 0. The highest BCUT2D eigenvalue weighted by Crippen LogP contribution is 2.39. The highest BCUT2D eigenvalue weighted by atomic mass is 79.9. The van der Waals surface area contributed by atoms with Crippen LogP contribution in [0.4, 0.5) is 0 Å². The van der Waals surface area contributed by atoms with Crippen molar-refractivity contribution in [1.82, 2.24) is 0 Å². The first-order valence-corrected chi connectivity index (χ1v) is 5.42. The van der Waals surface area contributed by atoms with Crippen molar-refractivity contribution in [2.75, 3.05) is 0 Å². The first-order chi connectivity index (χ1) is 4.13. The lowest BCUT2D eigenvalue weighted by Gasteiger charge is -1.84. The van der Waals surface area contributed by atoms with E-state index in [2.05, 4.69) is 54.7 Å². The maximum atomic E-state index is 3.43. The van der Waals surface area contributed by atoms with E-state index in [-0.39, 0.29) is 0 Å². The molecule has 0 amide bonds. The average molecular weight is 335 g/mol. The predicted molar refractivity (Wildman–Crippen MR) is 52.2 cm³/mol. The van der Waals surface area contributed by atoms with Gasteiger partial charge in [-0.1, -0.05) is 0 Å². The summed E-state index contributed by atoms with van der Waals surface area (Å²) in [5.74, 6) is 0. The summed E-state index contributed by atoms with van der Waals surface area (Å²) in [7, 11) is 0. The molecule has 9 heavy (non-hydrogen) atoms. The molecule has 0 nitrogen and oxygen atoms in total. The van der Waals surface area contributed by atoms with Gasteiger partial charge in [0, 0.05) is 4.47 Å². The highest BCUT2D eigenvalue weighted by molar-refractivity contribution is 9.14. The maximum Gasteiger partial charge on any atom is 0.0855 e. The molecule has 0 radical (unpaired) electrons. The number of thiophene rings is 1. The largest absolute Gasteiger partial charge is 0.120 e. The van der Waals surface area contributed by atoms with Gasteiger partial charge in [-0.05, 0) is 60.3 Å². The van der Waals surface area contributed by atoms with E-state index in [1.54, 1.807) is 11.3 Å². The van der Waals surface area contributed by atoms with Crippen LogP contribution >= 0.6 is 59.1 Å². The quantitative estimate of drug-likeness (QED) is 0.662. The van der Waals surface area contributed by atoms with Crippen molar-refractivity contribution < 1.29 is 0 Å². The average Bonchev–Trinajstić information content (AvgIpc) is 1.98. The molecule has 1 rings (SSSR count). The maximum absolute atomic E-state index is 3.43. The summed E-state index contributed by atoms with van der Waals surface area (Å²) in [6.07, 6.45) is 0. The van der Waals surface area contributed by atoms with Crippen LogP contribution in [0.3, 0.4) is 0 Å². The van der Waals surface area contributed by atoms with E-state index in [0.717, 1.165) is 8.26 Å². The molecule has 1 heterocycles. The van der Waals surface area contributed by atoms with Crippen LogP contribution in [-0.2, 0) is 0 Å². The minimum absolute atomic E-state index is 1.15. The van der Waals surface area contributed by atoms with Crippen LogP contribution in [0.15, 0.2) is 12.0 Å². The Morgan fingerprint density at radius 2 is 1.67 bits per heavy atom. The summed E-state index contributed by atoms with van der Waals surface area (Å²) in [6.45, 7) is 2.06. The van der Waals surface area contributed by atoms with E-state index in [1.807, 2.05) is 0 Å². The second-order valence-corrected chi connectivity index (χ2v) is 6.04. The molecule has 0 N–H and O–H groups in total. The second kappa shape index (κ2) is 3.03. The molecule has 4 heteroatoms. The van der Waals surface area contributed by atoms with Crippen LogP contribution in [-0.4, -0.2) is 0 Å². The SMILES string of the molecule is Cc1c(Br)sc(Br)c1Br. The van der Waals surface area contributed by atoms with E-state index >= 15 is 0 Å². The van der Waals surface area contributed by atoms with Gasteiger partial charge in [-0.2, -0.15) is 0 Å². The Kier molecular flexibility index (Phi) is 2.77. The van der Waals surface area contributed by atoms with Crippen molar-refractivity contribution >= 4 is 59.1 Å². The molecule has 0 aliphatic rings. The Balaban J connectivity index is 3.29. The van der Waals surface area contributed by atoms with Gasteiger partial charge in [0.2, 0.25) is 0 Å². The number of rotatable bonds is 0. The molecule has 0 unspecified atom stereocenters. The number of hydrogen-bond donors (Lipinski definition) is 0. The summed E-state index contributed by atoms with van der Waals surface area (Å²) >= 11 is 11.9. The van der Waals surface area contributed by atoms with Gasteiger partial charge >= 0.3 is 0 Å². The van der Waals surface area contributed by atoms with Gasteiger partial charge in [-0.15, -0.1) is 11.3 Å². The third-order valence-corrected chi connectivity index (χ3v) is 5.59. The molecular formula is C5H3Br3S. The van der Waals surface area contributed by atoms with Crippen LogP contribution in [0.2, 0.25) is 0 Å². The minimum Gasteiger partial charge on any atom is -0.120 e. The first kappa shape index (κ1) is 8.24. The number of hydrogen-bond acceptors (Lipinski definition) is 1. The molecule has 0 aromatic carbocycles. The van der Waals surface area contributed by atoms with Gasteiger partial charge in [0.1, 0.15) is 0 Å². The molecular weight excluding hydrogens is 332 g/mol. The normalized spacial score (nSPS) is 10.2. The fourth-order valence-corrected chi connectivity index (χ4v) is 4.05. The van der Waals surface area contributed by atoms with Crippen molar-refractivity contribution in [2.24, 2.45) is 0 Å². The topological polar surface area (TPSA) is 0 Å². The van der Waals surface area contributed by atoms with Gasteiger partial charge in [-0.3, -0.25) is 0 Å². The van der Waals surface area contributed by atoms with E-state index < -0.39 is 0 Å². The Morgan fingerprint density at radius 1 is 1.11 bits per heavy atom. The minimum atomic E-state index is 1.15. The molecule has 0 fully saturated rings. The molecule has 0 aliphatic carbocycles. The highest BCUT2D eigenvalue weighted by Gasteiger charge is 2.06. The zero-order valence-corrected chi connectivity index (χ0v) is 10.1. The van der Waals surface area contributed by atoms with E-state index in [9.17, 15) is 0 Å².